The minimum atomic E-state index is -0.459. The van der Waals surface area contributed by atoms with E-state index in [1.54, 1.807) is 19.2 Å². The highest BCUT2D eigenvalue weighted by Crippen LogP contribution is 2.37. The number of nitrogen functional groups attached to an aromatic ring is 1. The third-order valence-electron chi connectivity index (χ3n) is 4.37. The van der Waals surface area contributed by atoms with E-state index in [0.29, 0.717) is 41.2 Å². The number of amides is 1. The average molecular weight is 545 g/mol. The second-order valence-electron chi connectivity index (χ2n) is 6.53. The number of ether oxygens (including phenoxy) is 2. The number of carbonyl (C=O) groups is 1. The van der Waals surface area contributed by atoms with Crippen molar-refractivity contribution < 1.29 is 18.9 Å². The number of hydrogen-bond acceptors (Lipinski definition) is 8. The summed E-state index contributed by atoms with van der Waals surface area (Å²) in [6, 6.07) is 9.01. The maximum Gasteiger partial charge on any atom is 0.277 e. The number of aromatic nitrogens is 2. The molecular formula is C20H20BrCl2N5O4. The van der Waals surface area contributed by atoms with Gasteiger partial charge in [0.25, 0.3) is 5.91 Å². The van der Waals surface area contributed by atoms with Gasteiger partial charge >= 0.3 is 0 Å². The van der Waals surface area contributed by atoms with Crippen LogP contribution in [0.2, 0.25) is 10.0 Å². The Morgan fingerprint density at radius 1 is 1.19 bits per heavy atom. The Labute approximate surface area is 202 Å². The highest BCUT2D eigenvalue weighted by molar-refractivity contribution is 9.10. The van der Waals surface area contributed by atoms with E-state index < -0.39 is 5.91 Å². The molecule has 4 N–H and O–H groups in total. The third-order valence-corrected chi connectivity index (χ3v) is 5.85. The Morgan fingerprint density at radius 2 is 2.00 bits per heavy atom. The molecule has 170 valence electrons. The van der Waals surface area contributed by atoms with Gasteiger partial charge in [0.05, 0.1) is 17.2 Å². The highest BCUT2D eigenvalue weighted by Gasteiger charge is 2.17. The zero-order valence-corrected chi connectivity index (χ0v) is 20.1. The van der Waals surface area contributed by atoms with Crippen LogP contribution in [0.1, 0.15) is 21.6 Å². The van der Waals surface area contributed by atoms with Gasteiger partial charge in [0.15, 0.2) is 11.5 Å². The molecule has 32 heavy (non-hydrogen) atoms. The van der Waals surface area contributed by atoms with Crippen molar-refractivity contribution in [2.75, 3.05) is 25.9 Å². The molecular weight excluding hydrogens is 525 g/mol. The number of carbonyl (C=O) groups excluding carboxylic acids is 1. The number of rotatable bonds is 10. The van der Waals surface area contributed by atoms with Crippen LogP contribution >= 0.6 is 39.1 Å². The molecule has 0 aliphatic rings. The third kappa shape index (κ3) is 6.04. The number of methoxy groups -OCH3 is 1. The molecule has 9 nitrogen and oxygen atoms in total. The number of benzene rings is 2. The largest absolute Gasteiger partial charge is 0.493 e. The average Bonchev–Trinajstić information content (AvgIpc) is 3.21. The molecule has 0 atom stereocenters. The molecule has 0 unspecified atom stereocenters. The number of nitrogens with two attached hydrogens (primary N) is 1. The van der Waals surface area contributed by atoms with Crippen LogP contribution in [0, 0.1) is 0 Å². The van der Waals surface area contributed by atoms with E-state index in [-0.39, 0.29) is 18.1 Å². The quantitative estimate of drug-likeness (QED) is 0.329. The van der Waals surface area contributed by atoms with Gasteiger partial charge in [-0.1, -0.05) is 45.2 Å². The summed E-state index contributed by atoms with van der Waals surface area (Å²) in [5.74, 6) is 0.664. The first-order chi connectivity index (χ1) is 15.4. The predicted molar refractivity (Wildman–Crippen MR) is 124 cm³/mol. The summed E-state index contributed by atoms with van der Waals surface area (Å²) in [5, 5.41) is 13.7. The Kier molecular flexibility index (Phi) is 8.57. The molecule has 0 radical (unpaired) electrons. The van der Waals surface area contributed by atoms with Crippen molar-refractivity contribution in [2.45, 2.75) is 13.2 Å². The van der Waals surface area contributed by atoms with Gasteiger partial charge in [-0.15, -0.1) is 0 Å². The molecule has 0 bridgehead atoms. The predicted octanol–water partition coefficient (Wildman–Crippen LogP) is 3.83. The van der Waals surface area contributed by atoms with E-state index >= 15 is 0 Å². The summed E-state index contributed by atoms with van der Waals surface area (Å²) in [7, 11) is 1.58. The van der Waals surface area contributed by atoms with Crippen molar-refractivity contribution in [3.8, 4) is 11.5 Å². The molecule has 1 aromatic heterocycles. The van der Waals surface area contributed by atoms with E-state index in [4.69, 9.17) is 38.4 Å². The topological polar surface area (TPSA) is 125 Å². The van der Waals surface area contributed by atoms with Crippen LogP contribution in [-0.4, -0.2) is 36.4 Å². The zero-order valence-electron chi connectivity index (χ0n) is 17.0. The molecule has 0 spiro atoms. The molecule has 2 aromatic carbocycles. The molecule has 1 amide bonds. The van der Waals surface area contributed by atoms with Gasteiger partial charge in [-0.3, -0.25) is 4.79 Å². The van der Waals surface area contributed by atoms with Crippen molar-refractivity contribution >= 4 is 50.9 Å². The lowest BCUT2D eigenvalue weighted by Gasteiger charge is -2.17. The monoisotopic (exact) mass is 543 g/mol. The molecule has 0 saturated carbocycles. The lowest BCUT2D eigenvalue weighted by atomic mass is 10.1. The fraction of sp³-hybridized carbons (Fsp3) is 0.250. The minimum absolute atomic E-state index is 0.0430. The van der Waals surface area contributed by atoms with Gasteiger partial charge in [0, 0.05) is 29.7 Å². The van der Waals surface area contributed by atoms with Crippen molar-refractivity contribution in [1.29, 1.82) is 0 Å². The van der Waals surface area contributed by atoms with E-state index in [2.05, 4.69) is 41.5 Å². The van der Waals surface area contributed by atoms with Crippen molar-refractivity contribution in [2.24, 2.45) is 0 Å². The Morgan fingerprint density at radius 3 is 2.69 bits per heavy atom. The summed E-state index contributed by atoms with van der Waals surface area (Å²) in [5.41, 5.74) is 7.19. The minimum Gasteiger partial charge on any atom is -0.493 e. The molecule has 12 heteroatoms. The number of anilines is 1. The lowest BCUT2D eigenvalue weighted by Crippen LogP contribution is -2.32. The molecule has 1 heterocycles. The van der Waals surface area contributed by atoms with E-state index in [9.17, 15) is 4.79 Å². The molecule has 0 aliphatic heterocycles. The lowest BCUT2D eigenvalue weighted by molar-refractivity contribution is 0.0944. The summed E-state index contributed by atoms with van der Waals surface area (Å²) >= 11 is 15.6. The van der Waals surface area contributed by atoms with Gasteiger partial charge in [0.2, 0.25) is 11.5 Å². The van der Waals surface area contributed by atoms with Crippen LogP contribution in [0.15, 0.2) is 39.4 Å². The smallest absolute Gasteiger partial charge is 0.277 e. The first-order valence-electron chi connectivity index (χ1n) is 9.39. The second kappa shape index (κ2) is 11.4. The maximum atomic E-state index is 12.0. The van der Waals surface area contributed by atoms with Crippen LogP contribution in [-0.2, 0) is 13.2 Å². The number of nitrogens with one attached hydrogen (secondary N) is 2. The van der Waals surface area contributed by atoms with Crippen LogP contribution in [0.4, 0.5) is 5.82 Å². The van der Waals surface area contributed by atoms with Gasteiger partial charge < -0.3 is 25.8 Å². The number of hydrogen-bond donors (Lipinski definition) is 3. The number of halogens is 3. The number of nitrogens with zero attached hydrogens (tertiary/aromatic N) is 2. The summed E-state index contributed by atoms with van der Waals surface area (Å²) < 4.78 is 16.8. The molecule has 0 fully saturated rings. The van der Waals surface area contributed by atoms with Crippen molar-refractivity contribution in [1.82, 2.24) is 20.9 Å². The molecule has 3 aromatic rings. The summed E-state index contributed by atoms with van der Waals surface area (Å²) in [6.45, 7) is 1.55. The van der Waals surface area contributed by atoms with Crippen LogP contribution < -0.4 is 25.8 Å². The second-order valence-corrected chi connectivity index (χ2v) is 8.19. The normalized spacial score (nSPS) is 10.8. The summed E-state index contributed by atoms with van der Waals surface area (Å²) in [6.07, 6.45) is 0. The van der Waals surface area contributed by atoms with Crippen LogP contribution in [0.25, 0.3) is 0 Å². The molecule has 0 saturated heterocycles. The van der Waals surface area contributed by atoms with Gasteiger partial charge in [0.1, 0.15) is 6.61 Å². The van der Waals surface area contributed by atoms with Crippen molar-refractivity contribution in [3.63, 3.8) is 0 Å². The standard InChI is InChI=1S/C20H20BrCl2N5O4/c1-30-16-5-3-13(21)12(18(16)31-10-11-2-4-14(22)15(23)8-11)9-25-6-7-26-20(29)17-19(24)28-32-27-17/h2-5,8,25H,6-7,9-10H2,1H3,(H2,24,28)(H,26,29). The van der Waals surface area contributed by atoms with Crippen LogP contribution in [0.3, 0.4) is 0 Å². The van der Waals surface area contributed by atoms with Crippen LogP contribution in [0.5, 0.6) is 11.5 Å². The Hall–Kier alpha value is -2.53. The van der Waals surface area contributed by atoms with Crippen molar-refractivity contribution in [3.05, 3.63) is 61.7 Å². The first kappa shape index (κ1) is 24.1. The van der Waals surface area contributed by atoms with Gasteiger partial charge in [-0.25, -0.2) is 4.63 Å². The SMILES string of the molecule is COc1ccc(Br)c(CNCCNC(=O)c2nonc2N)c1OCc1ccc(Cl)c(Cl)c1. The maximum absolute atomic E-state index is 12.0. The van der Waals surface area contributed by atoms with Gasteiger partial charge in [-0.05, 0) is 40.1 Å². The zero-order chi connectivity index (χ0) is 23.1. The fourth-order valence-electron chi connectivity index (χ4n) is 2.77. The van der Waals surface area contributed by atoms with E-state index in [0.717, 1.165) is 15.6 Å². The fourth-order valence-corrected chi connectivity index (χ4v) is 3.54. The first-order valence-corrected chi connectivity index (χ1v) is 10.9. The Bertz CT molecular complexity index is 1100. The summed E-state index contributed by atoms with van der Waals surface area (Å²) in [4.78, 5) is 12.0. The van der Waals surface area contributed by atoms with Gasteiger partial charge in [-0.2, -0.15) is 0 Å². The highest BCUT2D eigenvalue weighted by atomic mass is 79.9. The van der Waals surface area contributed by atoms with E-state index in [1.807, 2.05) is 18.2 Å². The van der Waals surface area contributed by atoms with E-state index in [1.165, 1.54) is 0 Å². The Balaban J connectivity index is 1.60. The molecule has 3 rings (SSSR count). The molecule has 0 aliphatic carbocycles.